The Labute approximate surface area is 116 Å². The average Bonchev–Trinajstić information content (AvgIpc) is 2.95. The SMILES string of the molecule is Cn1cc(C/C(C=N)=C/NCC2(C)CC2)c(Br)n1. The van der Waals surface area contributed by atoms with Crippen LogP contribution in [-0.4, -0.2) is 22.5 Å². The molecule has 0 aromatic carbocycles. The summed E-state index contributed by atoms with van der Waals surface area (Å²) in [6.07, 6.45) is 8.67. The Kier molecular flexibility index (Phi) is 3.90. The van der Waals surface area contributed by atoms with Crippen molar-refractivity contribution in [2.45, 2.75) is 26.2 Å². The Bertz CT molecular complexity index is 471. The largest absolute Gasteiger partial charge is 0.390 e. The van der Waals surface area contributed by atoms with Crippen molar-refractivity contribution in [3.63, 3.8) is 0 Å². The number of nitrogens with one attached hydrogen (secondary N) is 2. The standard InChI is InChI=1S/C13H19BrN4/c1-13(3-4-13)9-16-7-10(6-15)5-11-8-18(2)17-12(11)14/h6-8,15-16H,3-5,9H2,1-2H3/b10-7-,15-6?. The van der Waals surface area contributed by atoms with Crippen LogP contribution >= 0.6 is 15.9 Å². The number of allylic oxidation sites excluding steroid dienone is 1. The van der Waals surface area contributed by atoms with E-state index in [4.69, 9.17) is 5.41 Å². The number of hydrogen-bond acceptors (Lipinski definition) is 3. The molecule has 2 rings (SSSR count). The van der Waals surface area contributed by atoms with Gasteiger partial charge < -0.3 is 10.7 Å². The summed E-state index contributed by atoms with van der Waals surface area (Å²) in [5, 5.41) is 15.0. The summed E-state index contributed by atoms with van der Waals surface area (Å²) in [7, 11) is 1.90. The molecule has 0 amide bonds. The maximum absolute atomic E-state index is 7.46. The van der Waals surface area contributed by atoms with E-state index in [0.717, 1.165) is 28.7 Å². The second-order valence-corrected chi connectivity index (χ2v) is 6.10. The minimum atomic E-state index is 0.485. The molecular formula is C13H19BrN4. The van der Waals surface area contributed by atoms with Crippen molar-refractivity contribution in [1.29, 1.82) is 5.41 Å². The average molecular weight is 311 g/mol. The van der Waals surface area contributed by atoms with Crippen molar-refractivity contribution in [2.75, 3.05) is 6.54 Å². The number of rotatable bonds is 6. The number of aryl methyl sites for hydroxylation is 1. The van der Waals surface area contributed by atoms with E-state index in [1.807, 2.05) is 19.4 Å². The van der Waals surface area contributed by atoms with Gasteiger partial charge in [-0.05, 0) is 39.8 Å². The maximum Gasteiger partial charge on any atom is 0.131 e. The predicted octanol–water partition coefficient (Wildman–Crippen LogP) is 2.65. The van der Waals surface area contributed by atoms with Gasteiger partial charge in [-0.25, -0.2) is 0 Å². The van der Waals surface area contributed by atoms with Crippen LogP contribution < -0.4 is 5.32 Å². The second-order valence-electron chi connectivity index (χ2n) is 5.35. The fraction of sp³-hybridized carbons (Fsp3) is 0.538. The molecule has 1 aromatic heterocycles. The van der Waals surface area contributed by atoms with Gasteiger partial charge in [-0.1, -0.05) is 6.92 Å². The highest BCUT2D eigenvalue weighted by Gasteiger charge is 2.36. The summed E-state index contributed by atoms with van der Waals surface area (Å²) in [5.41, 5.74) is 2.55. The summed E-state index contributed by atoms with van der Waals surface area (Å²) in [4.78, 5) is 0. The normalized spacial score (nSPS) is 17.6. The van der Waals surface area contributed by atoms with E-state index in [9.17, 15) is 0 Å². The first-order valence-electron chi connectivity index (χ1n) is 6.13. The Hall–Kier alpha value is -1.10. The van der Waals surface area contributed by atoms with E-state index < -0.39 is 0 Å². The lowest BCUT2D eigenvalue weighted by Crippen LogP contribution is -2.17. The van der Waals surface area contributed by atoms with Gasteiger partial charge >= 0.3 is 0 Å². The molecular weight excluding hydrogens is 292 g/mol. The molecule has 0 unspecified atom stereocenters. The lowest BCUT2D eigenvalue weighted by atomic mass is 10.1. The zero-order chi connectivity index (χ0) is 13.2. The van der Waals surface area contributed by atoms with Crippen LogP contribution in [0.1, 0.15) is 25.3 Å². The molecule has 0 spiro atoms. The van der Waals surface area contributed by atoms with Crippen molar-refractivity contribution in [3.8, 4) is 0 Å². The van der Waals surface area contributed by atoms with Crippen molar-refractivity contribution < 1.29 is 0 Å². The van der Waals surface area contributed by atoms with Crippen LogP contribution in [0.25, 0.3) is 0 Å². The number of hydrogen-bond donors (Lipinski definition) is 2. The number of aromatic nitrogens is 2. The molecule has 2 N–H and O–H groups in total. The van der Waals surface area contributed by atoms with Gasteiger partial charge in [0, 0.05) is 44.2 Å². The van der Waals surface area contributed by atoms with Crippen LogP contribution in [0.2, 0.25) is 0 Å². The molecule has 0 bridgehead atoms. The fourth-order valence-corrected chi connectivity index (χ4v) is 2.30. The molecule has 5 heteroatoms. The van der Waals surface area contributed by atoms with E-state index in [2.05, 4.69) is 33.3 Å². The lowest BCUT2D eigenvalue weighted by molar-refractivity contribution is 0.544. The van der Waals surface area contributed by atoms with Crippen LogP contribution in [-0.2, 0) is 13.5 Å². The molecule has 1 aliphatic carbocycles. The highest BCUT2D eigenvalue weighted by Crippen LogP contribution is 2.44. The molecule has 98 valence electrons. The molecule has 18 heavy (non-hydrogen) atoms. The van der Waals surface area contributed by atoms with Gasteiger partial charge in [-0.3, -0.25) is 4.68 Å². The smallest absolute Gasteiger partial charge is 0.131 e. The molecule has 4 nitrogen and oxygen atoms in total. The van der Waals surface area contributed by atoms with Crippen LogP contribution in [0.4, 0.5) is 0 Å². The third-order valence-electron chi connectivity index (χ3n) is 3.35. The minimum absolute atomic E-state index is 0.485. The topological polar surface area (TPSA) is 53.7 Å². The Morgan fingerprint density at radius 2 is 2.39 bits per heavy atom. The van der Waals surface area contributed by atoms with E-state index in [0.29, 0.717) is 5.41 Å². The van der Waals surface area contributed by atoms with Gasteiger partial charge in [0.2, 0.25) is 0 Å². The van der Waals surface area contributed by atoms with Gasteiger partial charge in [-0.2, -0.15) is 5.10 Å². The molecule has 1 saturated carbocycles. The Morgan fingerprint density at radius 3 is 2.89 bits per heavy atom. The first kappa shape index (κ1) is 13.3. The number of nitrogens with zero attached hydrogens (tertiary/aromatic N) is 2. The third kappa shape index (κ3) is 3.45. The van der Waals surface area contributed by atoms with Gasteiger partial charge in [0.1, 0.15) is 4.60 Å². The lowest BCUT2D eigenvalue weighted by Gasteiger charge is -2.08. The summed E-state index contributed by atoms with van der Waals surface area (Å²) in [5.74, 6) is 0. The predicted molar refractivity (Wildman–Crippen MR) is 76.8 cm³/mol. The zero-order valence-corrected chi connectivity index (χ0v) is 12.4. The Balaban J connectivity index is 1.93. The molecule has 1 aliphatic rings. The fourth-order valence-electron chi connectivity index (χ4n) is 1.81. The van der Waals surface area contributed by atoms with Crippen LogP contribution in [0.5, 0.6) is 0 Å². The van der Waals surface area contributed by atoms with E-state index in [1.54, 1.807) is 4.68 Å². The quantitative estimate of drug-likeness (QED) is 0.794. The van der Waals surface area contributed by atoms with Crippen molar-refractivity contribution in [2.24, 2.45) is 12.5 Å². The zero-order valence-electron chi connectivity index (χ0n) is 10.8. The molecule has 0 aliphatic heterocycles. The third-order valence-corrected chi connectivity index (χ3v) is 4.02. The highest BCUT2D eigenvalue weighted by atomic mass is 79.9. The Morgan fingerprint density at radius 1 is 1.67 bits per heavy atom. The van der Waals surface area contributed by atoms with E-state index in [1.165, 1.54) is 19.1 Å². The minimum Gasteiger partial charge on any atom is -0.390 e. The second kappa shape index (κ2) is 5.26. The summed E-state index contributed by atoms with van der Waals surface area (Å²) < 4.78 is 2.63. The van der Waals surface area contributed by atoms with Gasteiger partial charge in [-0.15, -0.1) is 0 Å². The van der Waals surface area contributed by atoms with E-state index in [-0.39, 0.29) is 0 Å². The molecule has 0 atom stereocenters. The highest BCUT2D eigenvalue weighted by molar-refractivity contribution is 9.10. The first-order chi connectivity index (χ1) is 8.52. The van der Waals surface area contributed by atoms with Crippen molar-refractivity contribution in [3.05, 3.63) is 28.1 Å². The monoisotopic (exact) mass is 310 g/mol. The maximum atomic E-state index is 7.46. The molecule has 1 heterocycles. The molecule has 1 aromatic rings. The van der Waals surface area contributed by atoms with Gasteiger partial charge in [0.15, 0.2) is 0 Å². The number of halogens is 1. The van der Waals surface area contributed by atoms with Crippen molar-refractivity contribution in [1.82, 2.24) is 15.1 Å². The van der Waals surface area contributed by atoms with Crippen LogP contribution in [0, 0.1) is 10.8 Å². The summed E-state index contributed by atoms with van der Waals surface area (Å²) >= 11 is 3.43. The van der Waals surface area contributed by atoms with Crippen LogP contribution in [0.15, 0.2) is 22.6 Å². The summed E-state index contributed by atoms with van der Waals surface area (Å²) in [6.45, 7) is 3.29. The van der Waals surface area contributed by atoms with Gasteiger partial charge in [0.25, 0.3) is 0 Å². The van der Waals surface area contributed by atoms with Crippen LogP contribution in [0.3, 0.4) is 0 Å². The molecule has 0 radical (unpaired) electrons. The molecule has 1 fully saturated rings. The summed E-state index contributed by atoms with van der Waals surface area (Å²) in [6, 6.07) is 0. The van der Waals surface area contributed by atoms with E-state index >= 15 is 0 Å². The van der Waals surface area contributed by atoms with Crippen molar-refractivity contribution >= 4 is 22.1 Å². The molecule has 0 saturated heterocycles. The first-order valence-corrected chi connectivity index (χ1v) is 6.93. The van der Waals surface area contributed by atoms with Gasteiger partial charge in [0.05, 0.1) is 0 Å².